The van der Waals surface area contributed by atoms with Crippen molar-refractivity contribution in [3.05, 3.63) is 53.6 Å². The minimum absolute atomic E-state index is 0.146. The van der Waals surface area contributed by atoms with Crippen LogP contribution in [0.3, 0.4) is 0 Å². The Balaban J connectivity index is 1.41. The molecule has 164 valence electrons. The summed E-state index contributed by atoms with van der Waals surface area (Å²) in [6, 6.07) is 13.6. The number of piperazine rings is 1. The first kappa shape index (κ1) is 20.3. The van der Waals surface area contributed by atoms with E-state index >= 15 is 0 Å². The first-order valence-electron chi connectivity index (χ1n) is 10.7. The van der Waals surface area contributed by atoms with Gasteiger partial charge in [-0.05, 0) is 42.0 Å². The number of carbonyl (C=O) groups is 2. The van der Waals surface area contributed by atoms with E-state index in [4.69, 9.17) is 0 Å². The molecule has 0 aliphatic carbocycles. The number of amides is 1. The number of hydrogen-bond acceptors (Lipinski definition) is 4. The molecule has 1 saturated heterocycles. The van der Waals surface area contributed by atoms with Crippen LogP contribution in [0.5, 0.6) is 0 Å². The molecule has 3 heterocycles. The summed E-state index contributed by atoms with van der Waals surface area (Å²) in [6.45, 7) is 5.81. The number of carboxylic acid groups (broad SMARTS) is 1. The van der Waals surface area contributed by atoms with Crippen LogP contribution >= 0.6 is 0 Å². The van der Waals surface area contributed by atoms with Gasteiger partial charge in [0.15, 0.2) is 0 Å². The molecule has 2 aromatic carbocycles. The summed E-state index contributed by atoms with van der Waals surface area (Å²) in [5, 5.41) is 15.9. The number of hydrogen-bond donors (Lipinski definition) is 2. The maximum absolute atomic E-state index is 11.5. The molecule has 0 saturated carbocycles. The summed E-state index contributed by atoms with van der Waals surface area (Å²) in [5.74, 6) is -0.803. The van der Waals surface area contributed by atoms with Crippen LogP contribution in [-0.2, 0) is 18.4 Å². The maximum atomic E-state index is 11.5. The van der Waals surface area contributed by atoms with Crippen molar-refractivity contribution in [1.29, 1.82) is 0 Å². The second-order valence-corrected chi connectivity index (χ2v) is 8.40. The highest BCUT2D eigenvalue weighted by Crippen LogP contribution is 2.30. The molecule has 4 aromatic rings. The number of nitrogens with zero attached hydrogens (tertiary/aromatic N) is 4. The van der Waals surface area contributed by atoms with Crippen LogP contribution in [0.25, 0.3) is 33.2 Å². The van der Waals surface area contributed by atoms with Crippen molar-refractivity contribution >= 4 is 33.7 Å². The molecule has 2 N–H and O–H groups in total. The Morgan fingerprint density at radius 2 is 1.84 bits per heavy atom. The van der Waals surface area contributed by atoms with Crippen molar-refractivity contribution < 1.29 is 14.7 Å². The zero-order valence-electron chi connectivity index (χ0n) is 18.1. The van der Waals surface area contributed by atoms with Gasteiger partial charge in [-0.25, -0.2) is 4.79 Å². The average molecular weight is 431 g/mol. The van der Waals surface area contributed by atoms with Gasteiger partial charge in [0, 0.05) is 63.0 Å². The van der Waals surface area contributed by atoms with E-state index < -0.39 is 5.97 Å². The van der Waals surface area contributed by atoms with Crippen LogP contribution in [0.1, 0.15) is 22.8 Å². The number of aromatic carboxylic acids is 1. The van der Waals surface area contributed by atoms with E-state index in [0.29, 0.717) is 0 Å². The van der Waals surface area contributed by atoms with Gasteiger partial charge in [-0.1, -0.05) is 6.07 Å². The predicted molar refractivity (Wildman–Crippen MR) is 122 cm³/mol. The third kappa shape index (κ3) is 3.62. The molecule has 8 nitrogen and oxygen atoms in total. The quantitative estimate of drug-likeness (QED) is 0.518. The van der Waals surface area contributed by atoms with E-state index in [0.717, 1.165) is 65.9 Å². The number of benzene rings is 2. The standard InChI is InChI=1S/C24H25N5O3/c1-15(30)29-9-7-28(8-10-29)14-16-3-6-20-18(11-16)12-21(25-20)23-19-5-4-17(24(31)32)13-22(19)27(2)26-23/h3-6,11-13,25H,7-10,14H2,1-2H3,(H,31,32). The topological polar surface area (TPSA) is 94.5 Å². The largest absolute Gasteiger partial charge is 0.478 e. The highest BCUT2D eigenvalue weighted by atomic mass is 16.4. The number of aromatic nitrogens is 3. The molecule has 0 bridgehead atoms. The van der Waals surface area contributed by atoms with Gasteiger partial charge in [0.05, 0.1) is 16.8 Å². The van der Waals surface area contributed by atoms with Crippen LogP contribution in [0, 0.1) is 0 Å². The number of fused-ring (bicyclic) bond motifs is 2. The molecule has 0 spiro atoms. The molecule has 0 radical (unpaired) electrons. The third-order valence-electron chi connectivity index (χ3n) is 6.26. The van der Waals surface area contributed by atoms with E-state index in [1.54, 1.807) is 23.7 Å². The van der Waals surface area contributed by atoms with Crippen molar-refractivity contribution in [2.75, 3.05) is 26.2 Å². The second-order valence-electron chi connectivity index (χ2n) is 8.40. The number of nitrogens with one attached hydrogen (secondary N) is 1. The van der Waals surface area contributed by atoms with E-state index in [2.05, 4.69) is 39.2 Å². The molecule has 8 heteroatoms. The molecule has 1 aliphatic rings. The van der Waals surface area contributed by atoms with Gasteiger partial charge in [0.1, 0.15) is 5.69 Å². The zero-order chi connectivity index (χ0) is 22.4. The van der Waals surface area contributed by atoms with Gasteiger partial charge in [-0.15, -0.1) is 0 Å². The molecule has 1 amide bonds. The Hall–Kier alpha value is -3.65. The molecule has 1 aliphatic heterocycles. The first-order valence-corrected chi connectivity index (χ1v) is 10.7. The fourth-order valence-corrected chi connectivity index (χ4v) is 4.48. The van der Waals surface area contributed by atoms with Gasteiger partial charge >= 0.3 is 5.97 Å². The van der Waals surface area contributed by atoms with Crippen molar-refractivity contribution in [1.82, 2.24) is 24.6 Å². The van der Waals surface area contributed by atoms with Gasteiger partial charge in [0.2, 0.25) is 5.91 Å². The lowest BCUT2D eigenvalue weighted by Crippen LogP contribution is -2.47. The minimum atomic E-state index is -0.949. The van der Waals surface area contributed by atoms with Crippen molar-refractivity contribution in [3.8, 4) is 11.4 Å². The molecule has 32 heavy (non-hydrogen) atoms. The van der Waals surface area contributed by atoms with Gasteiger partial charge in [-0.2, -0.15) is 5.10 Å². The van der Waals surface area contributed by atoms with Crippen LogP contribution in [0.2, 0.25) is 0 Å². The number of carboxylic acids is 1. The lowest BCUT2D eigenvalue weighted by molar-refractivity contribution is -0.130. The predicted octanol–water partition coefficient (Wildman–Crippen LogP) is 3.08. The first-order chi connectivity index (χ1) is 15.4. The zero-order valence-corrected chi connectivity index (χ0v) is 18.1. The molecule has 0 atom stereocenters. The Bertz CT molecular complexity index is 1340. The van der Waals surface area contributed by atoms with Gasteiger partial charge < -0.3 is 15.0 Å². The van der Waals surface area contributed by atoms with E-state index in [1.165, 1.54) is 5.56 Å². The highest BCUT2D eigenvalue weighted by molar-refractivity contribution is 5.99. The molecule has 1 fully saturated rings. The number of aromatic amines is 1. The fraction of sp³-hybridized carbons (Fsp3) is 0.292. The summed E-state index contributed by atoms with van der Waals surface area (Å²) in [7, 11) is 1.82. The van der Waals surface area contributed by atoms with Gasteiger partial charge in [-0.3, -0.25) is 14.4 Å². The third-order valence-corrected chi connectivity index (χ3v) is 6.26. The Kier molecular flexibility index (Phi) is 4.94. The molecule has 2 aromatic heterocycles. The average Bonchev–Trinajstić information content (AvgIpc) is 3.34. The fourth-order valence-electron chi connectivity index (χ4n) is 4.48. The van der Waals surface area contributed by atoms with E-state index in [-0.39, 0.29) is 11.5 Å². The van der Waals surface area contributed by atoms with E-state index in [1.807, 2.05) is 18.0 Å². The monoisotopic (exact) mass is 431 g/mol. The van der Waals surface area contributed by atoms with Crippen LogP contribution in [-0.4, -0.2) is 67.7 Å². The van der Waals surface area contributed by atoms with Crippen LogP contribution in [0.15, 0.2) is 42.5 Å². The second kappa shape index (κ2) is 7.80. The lowest BCUT2D eigenvalue weighted by Gasteiger charge is -2.34. The molecule has 5 rings (SSSR count). The molecule has 0 unspecified atom stereocenters. The summed E-state index contributed by atoms with van der Waals surface area (Å²) in [4.78, 5) is 30.6. The molecular weight excluding hydrogens is 406 g/mol. The van der Waals surface area contributed by atoms with Crippen LogP contribution in [0.4, 0.5) is 0 Å². The number of rotatable bonds is 4. The van der Waals surface area contributed by atoms with E-state index in [9.17, 15) is 14.7 Å². The Labute approximate surface area is 185 Å². The Morgan fingerprint density at radius 1 is 1.06 bits per heavy atom. The Morgan fingerprint density at radius 3 is 2.56 bits per heavy atom. The molecular formula is C24H25N5O3. The minimum Gasteiger partial charge on any atom is -0.478 e. The van der Waals surface area contributed by atoms with Crippen LogP contribution < -0.4 is 0 Å². The van der Waals surface area contributed by atoms with Crippen molar-refractivity contribution in [2.45, 2.75) is 13.5 Å². The number of carbonyl (C=O) groups excluding carboxylic acids is 1. The normalized spacial score (nSPS) is 15.0. The van der Waals surface area contributed by atoms with Crippen molar-refractivity contribution in [3.63, 3.8) is 0 Å². The summed E-state index contributed by atoms with van der Waals surface area (Å²) in [6.07, 6.45) is 0. The highest BCUT2D eigenvalue weighted by Gasteiger charge is 2.19. The van der Waals surface area contributed by atoms with Gasteiger partial charge in [0.25, 0.3) is 0 Å². The smallest absolute Gasteiger partial charge is 0.335 e. The SMILES string of the molecule is CC(=O)N1CCN(Cc2ccc3[nH]c(-c4nn(C)c5cc(C(=O)O)ccc45)cc3c2)CC1. The lowest BCUT2D eigenvalue weighted by atomic mass is 10.1. The van der Waals surface area contributed by atoms with Crippen molar-refractivity contribution in [2.24, 2.45) is 7.05 Å². The number of H-pyrrole nitrogens is 1. The number of aryl methyl sites for hydroxylation is 1. The maximum Gasteiger partial charge on any atom is 0.335 e. The summed E-state index contributed by atoms with van der Waals surface area (Å²) < 4.78 is 1.72. The summed E-state index contributed by atoms with van der Waals surface area (Å²) in [5.41, 5.74) is 5.00. The summed E-state index contributed by atoms with van der Waals surface area (Å²) >= 11 is 0.